The first kappa shape index (κ1) is 36.0. The van der Waals surface area contributed by atoms with Crippen LogP contribution in [0.4, 0.5) is 34.1 Å². The molecule has 266 valence electrons. The highest BCUT2D eigenvalue weighted by Crippen LogP contribution is 2.56. The van der Waals surface area contributed by atoms with Crippen molar-refractivity contribution in [3.05, 3.63) is 187 Å². The highest BCUT2D eigenvalue weighted by atomic mass is 127. The fourth-order valence-electron chi connectivity index (χ4n) is 8.17. The number of para-hydroxylation sites is 2. The van der Waals surface area contributed by atoms with Crippen molar-refractivity contribution in [2.45, 2.75) is 44.9 Å². The van der Waals surface area contributed by atoms with Gasteiger partial charge in [0, 0.05) is 65.0 Å². The molecule has 0 heterocycles. The van der Waals surface area contributed by atoms with E-state index in [1.54, 1.807) is 8.93 Å². The van der Waals surface area contributed by atoms with E-state index in [0.717, 1.165) is 22.7 Å². The molecule has 4 heteroatoms. The lowest BCUT2D eigenvalue weighted by molar-refractivity contribution is 0.661. The van der Waals surface area contributed by atoms with Crippen molar-refractivity contribution >= 4 is 85.8 Å². The number of hydrogen-bond acceptors (Lipinski definition) is 3. The third-order valence-corrected chi connectivity index (χ3v) is 12.6. The zero-order valence-electron chi connectivity index (χ0n) is 31.3. The van der Waals surface area contributed by atoms with Gasteiger partial charge >= 0.3 is 0 Å². The largest absolute Gasteiger partial charge is 0.310 e. The summed E-state index contributed by atoms with van der Waals surface area (Å²) < 4.78 is 0. The van der Waals surface area contributed by atoms with E-state index >= 15 is 0 Å². The summed E-state index contributed by atoms with van der Waals surface area (Å²) in [6.45, 7) is 11.0. The maximum absolute atomic E-state index is 2.46. The van der Waals surface area contributed by atoms with Crippen LogP contribution in [-0.2, 0) is 5.41 Å². The second kappa shape index (κ2) is 15.0. The molecule has 0 aromatic heterocycles. The third kappa shape index (κ3) is 6.15. The lowest BCUT2D eigenvalue weighted by Gasteiger charge is -2.30. The summed E-state index contributed by atoms with van der Waals surface area (Å²) >= 11 is 2.40. The first-order chi connectivity index (χ1) is 26.4. The third-order valence-electron chi connectivity index (χ3n) is 10.6. The fraction of sp³-hybridized carbons (Fsp3) is 0.120. The molecule has 0 radical (unpaired) electrons. The predicted octanol–water partition coefficient (Wildman–Crippen LogP) is 16.0. The van der Waals surface area contributed by atoms with Crippen LogP contribution in [0, 0.1) is 6.92 Å². The second-order valence-electron chi connectivity index (χ2n) is 14.1. The first-order valence-electron chi connectivity index (χ1n) is 18.7. The van der Waals surface area contributed by atoms with Crippen molar-refractivity contribution in [1.29, 1.82) is 0 Å². The molecule has 0 atom stereocenters. The Balaban J connectivity index is 0.00000203. The molecule has 0 N–H and O–H groups in total. The molecule has 0 spiro atoms. The van der Waals surface area contributed by atoms with Crippen LogP contribution in [0.25, 0.3) is 32.7 Å². The minimum Gasteiger partial charge on any atom is -0.310 e. The molecule has 0 unspecified atom stereocenters. The van der Waals surface area contributed by atoms with Crippen molar-refractivity contribution in [3.63, 3.8) is 0 Å². The van der Waals surface area contributed by atoms with Crippen LogP contribution in [0.1, 0.15) is 44.4 Å². The molecule has 0 aliphatic heterocycles. The van der Waals surface area contributed by atoms with Crippen molar-refractivity contribution < 1.29 is 0 Å². The molecule has 0 amide bonds. The topological polar surface area (TPSA) is 6.48 Å². The molecule has 0 bridgehead atoms. The number of hydrogen-bond donors (Lipinski definition) is 0. The lowest BCUT2D eigenvalue weighted by Crippen LogP contribution is -2.18. The minimum absolute atomic E-state index is 0.249. The van der Waals surface area contributed by atoms with Gasteiger partial charge in [-0.25, -0.2) is 0 Å². The van der Waals surface area contributed by atoms with Crippen molar-refractivity contribution in [1.82, 2.24) is 0 Å². The Morgan fingerprint density at radius 1 is 0.463 bits per heavy atom. The smallest absolute Gasteiger partial charge is 0.0543 e. The monoisotopic (exact) mass is 830 g/mol. The number of rotatable bonds is 7. The maximum atomic E-state index is 2.46. The Morgan fingerprint density at radius 2 is 1.00 bits per heavy atom. The quantitative estimate of drug-likeness (QED) is 0.148. The standard InChI is InChI=1S/C48H37IN2S.C2H6/c1-32-15-14-20-35(29-32)51(44-27-28-46(52-49)39-23-12-10-21-37(39)44)36-25-26-41-42(30-36)48(2,3)43-31-45(38-22-11-13-24-40(38)47(41)43)50(33-16-6-4-7-17-33)34-18-8-5-9-19-34;1-2/h4-31H,1-3H3;1-2H3. The Hall–Kier alpha value is -5.04. The van der Waals surface area contributed by atoms with Crippen molar-refractivity contribution in [2.24, 2.45) is 0 Å². The van der Waals surface area contributed by atoms with E-state index in [2.05, 4.69) is 222 Å². The Morgan fingerprint density at radius 3 is 1.63 bits per heavy atom. The van der Waals surface area contributed by atoms with Crippen LogP contribution in [0.2, 0.25) is 0 Å². The lowest BCUT2D eigenvalue weighted by atomic mass is 9.81. The average Bonchev–Trinajstić information content (AvgIpc) is 3.45. The van der Waals surface area contributed by atoms with E-state index in [1.165, 1.54) is 65.6 Å². The van der Waals surface area contributed by atoms with Crippen LogP contribution in [-0.4, -0.2) is 0 Å². The molecule has 1 aliphatic carbocycles. The van der Waals surface area contributed by atoms with Crippen LogP contribution >= 0.6 is 30.1 Å². The van der Waals surface area contributed by atoms with Crippen molar-refractivity contribution in [2.75, 3.05) is 9.80 Å². The summed E-state index contributed by atoms with van der Waals surface area (Å²) in [5.41, 5.74) is 13.3. The molecule has 9 rings (SSSR count). The Kier molecular flexibility index (Phi) is 9.99. The van der Waals surface area contributed by atoms with Crippen LogP contribution in [0.3, 0.4) is 0 Å². The highest BCUT2D eigenvalue weighted by Gasteiger charge is 2.38. The van der Waals surface area contributed by atoms with Gasteiger partial charge in [0.1, 0.15) is 0 Å². The number of anilines is 6. The summed E-state index contributed by atoms with van der Waals surface area (Å²) in [6, 6.07) is 62.3. The normalized spacial score (nSPS) is 12.5. The zero-order valence-corrected chi connectivity index (χ0v) is 34.3. The SMILES string of the molecule is CC.Cc1cccc(N(c2ccc3c(c2)C(C)(C)c2cc(N(c4ccccc4)c4ccccc4)c4ccccc4c2-3)c2ccc(SI)c3ccccc23)c1. The van der Waals surface area contributed by atoms with Crippen LogP contribution < -0.4 is 9.80 Å². The number of aryl methyl sites for hydroxylation is 1. The first-order valence-corrected chi connectivity index (χ1v) is 22.1. The summed E-state index contributed by atoms with van der Waals surface area (Å²) in [6.07, 6.45) is 0. The van der Waals surface area contributed by atoms with Gasteiger partial charge < -0.3 is 9.80 Å². The average molecular weight is 831 g/mol. The van der Waals surface area contributed by atoms with Gasteiger partial charge in [0.2, 0.25) is 0 Å². The summed E-state index contributed by atoms with van der Waals surface area (Å²) in [7, 11) is 1.77. The number of halogens is 1. The zero-order chi connectivity index (χ0) is 37.4. The van der Waals surface area contributed by atoms with E-state index in [4.69, 9.17) is 0 Å². The second-order valence-corrected chi connectivity index (χ2v) is 16.0. The number of fused-ring (bicyclic) bond motifs is 6. The minimum atomic E-state index is -0.249. The Labute approximate surface area is 336 Å². The van der Waals surface area contributed by atoms with Gasteiger partial charge in [-0.05, 0) is 112 Å². The molecule has 2 nitrogen and oxygen atoms in total. The summed E-state index contributed by atoms with van der Waals surface area (Å²) in [5, 5.41) is 5.03. The van der Waals surface area contributed by atoms with E-state index in [-0.39, 0.29) is 5.41 Å². The predicted molar refractivity (Wildman–Crippen MR) is 244 cm³/mol. The van der Waals surface area contributed by atoms with Gasteiger partial charge in [0.05, 0.1) is 11.4 Å². The van der Waals surface area contributed by atoms with E-state index < -0.39 is 0 Å². The summed E-state index contributed by atoms with van der Waals surface area (Å²) in [4.78, 5) is 6.14. The van der Waals surface area contributed by atoms with E-state index in [0.29, 0.717) is 0 Å². The molecule has 54 heavy (non-hydrogen) atoms. The number of nitrogens with zero attached hydrogens (tertiary/aromatic N) is 2. The molecular formula is C50H43IN2S. The van der Waals surface area contributed by atoms with Crippen molar-refractivity contribution in [3.8, 4) is 11.1 Å². The maximum Gasteiger partial charge on any atom is 0.0543 e. The molecule has 8 aromatic carbocycles. The van der Waals surface area contributed by atoms with Crippen LogP contribution in [0.15, 0.2) is 175 Å². The molecular weight excluding hydrogens is 788 g/mol. The van der Waals surface area contributed by atoms with Gasteiger partial charge in [0.15, 0.2) is 0 Å². The van der Waals surface area contributed by atoms with Gasteiger partial charge in [-0.15, -0.1) is 0 Å². The van der Waals surface area contributed by atoms with Gasteiger partial charge in [-0.1, -0.05) is 140 Å². The Bertz CT molecular complexity index is 2580. The molecule has 1 aliphatic rings. The van der Waals surface area contributed by atoms with Gasteiger partial charge in [-0.2, -0.15) is 0 Å². The highest BCUT2D eigenvalue weighted by molar-refractivity contribution is 14.2. The number of benzene rings is 8. The molecule has 8 aromatic rings. The summed E-state index contributed by atoms with van der Waals surface area (Å²) in [5.74, 6) is 0. The van der Waals surface area contributed by atoms with Crippen LogP contribution in [0.5, 0.6) is 0 Å². The molecule has 0 fully saturated rings. The molecule has 0 saturated heterocycles. The molecule has 0 saturated carbocycles. The fourth-order valence-corrected chi connectivity index (χ4v) is 9.70. The van der Waals surface area contributed by atoms with E-state index in [9.17, 15) is 0 Å². The van der Waals surface area contributed by atoms with Gasteiger partial charge in [-0.3, -0.25) is 0 Å². The van der Waals surface area contributed by atoms with Gasteiger partial charge in [0.25, 0.3) is 0 Å². The van der Waals surface area contributed by atoms with E-state index in [1.807, 2.05) is 13.8 Å².